The summed E-state index contributed by atoms with van der Waals surface area (Å²) in [5, 5.41) is 0.592. The molecule has 0 saturated heterocycles. The van der Waals surface area contributed by atoms with Gasteiger partial charge in [0.15, 0.2) is 0 Å². The van der Waals surface area contributed by atoms with Crippen LogP contribution in [0.3, 0.4) is 0 Å². The molecule has 24 heavy (non-hydrogen) atoms. The minimum atomic E-state index is -3.62. The Hall–Kier alpha value is -1.84. The van der Waals surface area contributed by atoms with Gasteiger partial charge < -0.3 is 4.74 Å². The number of terminal acetylenes is 1. The van der Waals surface area contributed by atoms with Crippen LogP contribution in [0, 0.1) is 19.3 Å². The van der Waals surface area contributed by atoms with Crippen LogP contribution < -0.4 is 4.72 Å². The van der Waals surface area contributed by atoms with E-state index in [0.717, 1.165) is 11.1 Å². The van der Waals surface area contributed by atoms with Gasteiger partial charge in [-0.25, -0.2) is 13.1 Å². The fraction of sp³-hybridized carbons (Fsp3) is 0.222. The van der Waals surface area contributed by atoms with E-state index in [2.05, 4.69) is 10.6 Å². The average molecular weight is 364 g/mol. The number of benzene rings is 2. The minimum Gasteiger partial charge on any atom is -0.359 e. The summed E-state index contributed by atoms with van der Waals surface area (Å²) in [6.45, 7) is 2.05. The highest BCUT2D eigenvalue weighted by atomic mass is 35.5. The van der Waals surface area contributed by atoms with Crippen molar-refractivity contribution in [3.05, 3.63) is 64.7 Å². The van der Waals surface area contributed by atoms with E-state index in [-0.39, 0.29) is 18.0 Å². The van der Waals surface area contributed by atoms with Crippen LogP contribution in [0.4, 0.5) is 0 Å². The molecule has 4 nitrogen and oxygen atoms in total. The second-order valence-corrected chi connectivity index (χ2v) is 7.42. The van der Waals surface area contributed by atoms with Gasteiger partial charge in [0, 0.05) is 11.6 Å². The average Bonchev–Trinajstić information content (AvgIpc) is 2.56. The smallest absolute Gasteiger partial charge is 0.240 e. The van der Waals surface area contributed by atoms with Gasteiger partial charge in [-0.3, -0.25) is 0 Å². The normalized spacial score (nSPS) is 12.5. The van der Waals surface area contributed by atoms with Crippen molar-refractivity contribution in [2.45, 2.75) is 17.9 Å². The maximum Gasteiger partial charge on any atom is 0.240 e. The Morgan fingerprint density at radius 2 is 1.79 bits per heavy atom. The van der Waals surface area contributed by atoms with Crippen LogP contribution >= 0.6 is 11.6 Å². The molecule has 0 amide bonds. The second kappa shape index (κ2) is 8.32. The number of hydrogen-bond acceptors (Lipinski definition) is 3. The lowest BCUT2D eigenvalue weighted by Crippen LogP contribution is -2.29. The van der Waals surface area contributed by atoms with Crippen molar-refractivity contribution in [3.63, 3.8) is 0 Å². The van der Waals surface area contributed by atoms with E-state index >= 15 is 0 Å². The molecule has 0 radical (unpaired) electrons. The third kappa shape index (κ3) is 5.08. The Morgan fingerprint density at radius 3 is 2.38 bits per heavy atom. The molecule has 2 aromatic rings. The molecule has 0 aliphatic rings. The molecule has 2 aromatic carbocycles. The summed E-state index contributed by atoms with van der Waals surface area (Å²) in [6.07, 6.45) is 4.73. The van der Waals surface area contributed by atoms with E-state index in [1.807, 2.05) is 6.92 Å². The monoisotopic (exact) mass is 363 g/mol. The molecular formula is C18H18ClNO3S. The molecular weight excluding hydrogens is 346 g/mol. The predicted molar refractivity (Wildman–Crippen MR) is 95.3 cm³/mol. The summed E-state index contributed by atoms with van der Waals surface area (Å²) in [6, 6.07) is 13.6. The summed E-state index contributed by atoms with van der Waals surface area (Å²) in [5.74, 6) is 2.39. The first-order valence-electron chi connectivity index (χ1n) is 7.29. The van der Waals surface area contributed by atoms with E-state index < -0.39 is 16.1 Å². The number of ether oxygens (including phenoxy) is 1. The largest absolute Gasteiger partial charge is 0.359 e. The number of halogens is 1. The van der Waals surface area contributed by atoms with Gasteiger partial charge in [0.2, 0.25) is 10.0 Å². The highest BCUT2D eigenvalue weighted by Gasteiger charge is 2.18. The highest BCUT2D eigenvalue weighted by Crippen LogP contribution is 2.20. The molecule has 0 aromatic heterocycles. The van der Waals surface area contributed by atoms with Gasteiger partial charge in [0.05, 0.1) is 11.0 Å². The van der Waals surface area contributed by atoms with Crippen molar-refractivity contribution in [1.82, 2.24) is 4.72 Å². The lowest BCUT2D eigenvalue weighted by atomic mass is 10.1. The Labute approximate surface area is 147 Å². The van der Waals surface area contributed by atoms with Crippen LogP contribution in [0.1, 0.15) is 17.2 Å². The summed E-state index contributed by atoms with van der Waals surface area (Å²) in [4.78, 5) is 0.208. The Balaban J connectivity index is 2.13. The van der Waals surface area contributed by atoms with E-state index in [1.165, 1.54) is 0 Å². The van der Waals surface area contributed by atoms with E-state index in [9.17, 15) is 8.42 Å². The zero-order valence-corrected chi connectivity index (χ0v) is 14.8. The first-order chi connectivity index (χ1) is 11.4. The third-order valence-corrected chi connectivity index (χ3v) is 5.09. The molecule has 0 bridgehead atoms. The van der Waals surface area contributed by atoms with Crippen molar-refractivity contribution in [1.29, 1.82) is 0 Å². The van der Waals surface area contributed by atoms with Crippen LogP contribution in [0.25, 0.3) is 0 Å². The molecule has 0 saturated carbocycles. The van der Waals surface area contributed by atoms with Crippen LogP contribution in [-0.2, 0) is 14.8 Å². The number of nitrogens with one attached hydrogen (secondary N) is 1. The Bertz CT molecular complexity index is 809. The third-order valence-electron chi connectivity index (χ3n) is 3.40. The fourth-order valence-corrected chi connectivity index (χ4v) is 3.24. The molecule has 126 valence electrons. The quantitative estimate of drug-likeness (QED) is 0.768. The van der Waals surface area contributed by atoms with E-state index in [1.54, 1.807) is 48.5 Å². The molecule has 1 N–H and O–H groups in total. The maximum atomic E-state index is 12.4. The standard InChI is InChI=1S/C18H18ClNO3S/c1-3-12-23-18(15-6-8-16(19)9-7-15)13-20-24(21,22)17-10-4-14(2)5-11-17/h1,4-11,18,20H,12-13H2,2H3. The summed E-state index contributed by atoms with van der Waals surface area (Å²) in [7, 11) is -3.62. The van der Waals surface area contributed by atoms with Gasteiger partial charge in [-0.05, 0) is 36.8 Å². The van der Waals surface area contributed by atoms with Gasteiger partial charge >= 0.3 is 0 Å². The molecule has 0 aliphatic heterocycles. The SMILES string of the molecule is C#CCOC(CNS(=O)(=O)c1ccc(C)cc1)c1ccc(Cl)cc1. The van der Waals surface area contributed by atoms with Gasteiger partial charge in [-0.15, -0.1) is 6.42 Å². The molecule has 0 aliphatic carbocycles. The number of hydrogen-bond donors (Lipinski definition) is 1. The van der Waals surface area contributed by atoms with Crippen LogP contribution in [-0.4, -0.2) is 21.6 Å². The van der Waals surface area contributed by atoms with E-state index in [4.69, 9.17) is 22.8 Å². The lowest BCUT2D eigenvalue weighted by molar-refractivity contribution is 0.0817. The number of rotatable bonds is 7. The lowest BCUT2D eigenvalue weighted by Gasteiger charge is -2.18. The number of aryl methyl sites for hydroxylation is 1. The van der Waals surface area contributed by atoms with Gasteiger partial charge in [-0.2, -0.15) is 0 Å². The Kier molecular flexibility index (Phi) is 6.41. The molecule has 0 spiro atoms. The number of sulfonamides is 1. The van der Waals surface area contributed by atoms with E-state index in [0.29, 0.717) is 5.02 Å². The van der Waals surface area contributed by atoms with Gasteiger partial charge in [0.1, 0.15) is 6.61 Å². The zero-order valence-electron chi connectivity index (χ0n) is 13.2. The first kappa shape index (κ1) is 18.5. The van der Waals surface area contributed by atoms with Crippen LogP contribution in [0.5, 0.6) is 0 Å². The molecule has 1 unspecified atom stereocenters. The second-order valence-electron chi connectivity index (χ2n) is 5.22. The fourth-order valence-electron chi connectivity index (χ4n) is 2.09. The van der Waals surface area contributed by atoms with Crippen LogP contribution in [0.15, 0.2) is 53.4 Å². The van der Waals surface area contributed by atoms with Crippen molar-refractivity contribution in [3.8, 4) is 12.3 Å². The van der Waals surface area contributed by atoms with Crippen LogP contribution in [0.2, 0.25) is 5.02 Å². The van der Waals surface area contributed by atoms with Crippen molar-refractivity contribution < 1.29 is 13.2 Å². The summed E-state index contributed by atoms with van der Waals surface area (Å²) < 4.78 is 32.9. The Morgan fingerprint density at radius 1 is 1.17 bits per heavy atom. The highest BCUT2D eigenvalue weighted by molar-refractivity contribution is 7.89. The van der Waals surface area contributed by atoms with Gasteiger partial charge in [0.25, 0.3) is 0 Å². The summed E-state index contributed by atoms with van der Waals surface area (Å²) in [5.41, 5.74) is 1.78. The molecule has 6 heteroatoms. The molecule has 2 rings (SSSR count). The molecule has 1 atom stereocenters. The van der Waals surface area contributed by atoms with Crippen molar-refractivity contribution >= 4 is 21.6 Å². The topological polar surface area (TPSA) is 55.4 Å². The predicted octanol–water partition coefficient (Wildman–Crippen LogP) is 3.32. The van der Waals surface area contributed by atoms with Crippen molar-refractivity contribution in [2.24, 2.45) is 0 Å². The van der Waals surface area contributed by atoms with Gasteiger partial charge in [-0.1, -0.05) is 47.4 Å². The van der Waals surface area contributed by atoms with Crippen molar-refractivity contribution in [2.75, 3.05) is 13.2 Å². The molecule has 0 heterocycles. The summed E-state index contributed by atoms with van der Waals surface area (Å²) >= 11 is 5.88. The minimum absolute atomic E-state index is 0.0690. The molecule has 0 fully saturated rings. The zero-order chi connectivity index (χ0) is 17.6. The first-order valence-corrected chi connectivity index (χ1v) is 9.15. The maximum absolute atomic E-state index is 12.4.